The number of nitrogens with one attached hydrogen (secondary N) is 1. The van der Waals surface area contributed by atoms with Gasteiger partial charge < -0.3 is 4.74 Å². The minimum absolute atomic E-state index is 0.445. The molecule has 0 radical (unpaired) electrons. The molecule has 0 saturated carbocycles. The molecule has 4 heteroatoms. The number of hydrogen-bond donors (Lipinski definition) is 1. The van der Waals surface area contributed by atoms with Crippen LogP contribution in [0.1, 0.15) is 12.5 Å². The number of ether oxygens (including phenoxy) is 1. The van der Waals surface area contributed by atoms with Gasteiger partial charge in [0, 0.05) is 0 Å². The average Bonchev–Trinajstić information content (AvgIpc) is 2.18. The predicted octanol–water partition coefficient (Wildman–Crippen LogP) is 1.36. The van der Waals surface area contributed by atoms with Gasteiger partial charge in [0.1, 0.15) is 5.75 Å². The minimum Gasteiger partial charge on any atom is -0.481 e. The Morgan fingerprint density at radius 3 is 2.93 bits per heavy atom. The fraction of sp³-hybridized carbons (Fsp3) is 0.273. The standard InChI is InChI=1S/C11H12N2O2/c1-8-4-3-5-10(6-8)15-9(2)11(14)13-7-12/h3-6,9H,1-2H3,(H,13,14). The van der Waals surface area contributed by atoms with Crippen LogP contribution in [0.25, 0.3) is 0 Å². The maximum absolute atomic E-state index is 11.2. The van der Waals surface area contributed by atoms with Gasteiger partial charge in [-0.2, -0.15) is 5.26 Å². The zero-order valence-electron chi connectivity index (χ0n) is 8.65. The number of nitrogens with zero attached hydrogens (tertiary/aromatic N) is 1. The molecule has 0 fully saturated rings. The molecule has 0 aliphatic rings. The monoisotopic (exact) mass is 204 g/mol. The van der Waals surface area contributed by atoms with E-state index in [1.807, 2.05) is 30.4 Å². The Morgan fingerprint density at radius 1 is 1.60 bits per heavy atom. The number of amides is 1. The molecule has 78 valence electrons. The average molecular weight is 204 g/mol. The SMILES string of the molecule is Cc1cccc(OC(C)C(=O)NC#N)c1. The Hall–Kier alpha value is -2.02. The van der Waals surface area contributed by atoms with Gasteiger partial charge in [0.2, 0.25) is 0 Å². The van der Waals surface area contributed by atoms with Crippen molar-refractivity contribution in [2.75, 3.05) is 0 Å². The summed E-state index contributed by atoms with van der Waals surface area (Å²) < 4.78 is 5.35. The van der Waals surface area contributed by atoms with E-state index in [1.54, 1.807) is 19.2 Å². The highest BCUT2D eigenvalue weighted by Crippen LogP contribution is 2.13. The van der Waals surface area contributed by atoms with Crippen LogP contribution in [-0.4, -0.2) is 12.0 Å². The number of nitriles is 1. The molecule has 1 amide bonds. The normalized spacial score (nSPS) is 11.3. The molecule has 0 spiro atoms. The summed E-state index contributed by atoms with van der Waals surface area (Å²) in [6.07, 6.45) is 0.891. The zero-order chi connectivity index (χ0) is 11.3. The summed E-state index contributed by atoms with van der Waals surface area (Å²) in [6.45, 7) is 3.53. The van der Waals surface area contributed by atoms with Crippen LogP contribution in [-0.2, 0) is 4.79 Å². The Morgan fingerprint density at radius 2 is 2.33 bits per heavy atom. The van der Waals surface area contributed by atoms with E-state index in [2.05, 4.69) is 0 Å². The van der Waals surface area contributed by atoms with Crippen molar-refractivity contribution >= 4 is 5.91 Å². The number of rotatable bonds is 3. The Bertz CT molecular complexity index is 396. The molecule has 0 aromatic heterocycles. The van der Waals surface area contributed by atoms with Crippen molar-refractivity contribution in [2.24, 2.45) is 0 Å². The molecule has 1 aromatic rings. The number of carbonyl (C=O) groups excluding carboxylic acids is 1. The number of benzene rings is 1. The van der Waals surface area contributed by atoms with Crippen LogP contribution in [0.2, 0.25) is 0 Å². The van der Waals surface area contributed by atoms with E-state index in [4.69, 9.17) is 10.00 Å². The summed E-state index contributed by atoms with van der Waals surface area (Å²) in [5.41, 5.74) is 1.06. The molecule has 15 heavy (non-hydrogen) atoms. The summed E-state index contributed by atoms with van der Waals surface area (Å²) in [6, 6.07) is 7.38. The van der Waals surface area contributed by atoms with Crippen molar-refractivity contribution in [1.29, 1.82) is 5.26 Å². The van der Waals surface area contributed by atoms with Crippen LogP contribution in [0.5, 0.6) is 5.75 Å². The van der Waals surface area contributed by atoms with Crippen LogP contribution in [0.3, 0.4) is 0 Å². The third kappa shape index (κ3) is 3.31. The van der Waals surface area contributed by atoms with E-state index >= 15 is 0 Å². The van der Waals surface area contributed by atoms with Crippen molar-refractivity contribution < 1.29 is 9.53 Å². The molecular weight excluding hydrogens is 192 g/mol. The van der Waals surface area contributed by atoms with Crippen LogP contribution in [0, 0.1) is 18.4 Å². The van der Waals surface area contributed by atoms with Crippen LogP contribution in [0.15, 0.2) is 24.3 Å². The molecule has 0 saturated heterocycles. The van der Waals surface area contributed by atoms with Crippen LogP contribution >= 0.6 is 0 Å². The Labute approximate surface area is 88.5 Å². The first-order chi connectivity index (χ1) is 7.13. The number of carbonyl (C=O) groups is 1. The van der Waals surface area contributed by atoms with Gasteiger partial charge in [-0.15, -0.1) is 0 Å². The molecule has 1 atom stereocenters. The lowest BCUT2D eigenvalue weighted by atomic mass is 10.2. The van der Waals surface area contributed by atoms with Crippen molar-refractivity contribution in [3.63, 3.8) is 0 Å². The lowest BCUT2D eigenvalue weighted by molar-refractivity contribution is -0.126. The fourth-order valence-corrected chi connectivity index (χ4v) is 1.10. The predicted molar refractivity (Wildman–Crippen MR) is 55.0 cm³/mol. The summed E-state index contributed by atoms with van der Waals surface area (Å²) >= 11 is 0. The second-order valence-corrected chi connectivity index (χ2v) is 3.18. The molecule has 0 heterocycles. The Balaban J connectivity index is 2.63. The number of aryl methyl sites for hydroxylation is 1. The molecule has 1 N–H and O–H groups in total. The highest BCUT2D eigenvalue weighted by atomic mass is 16.5. The molecule has 0 aliphatic heterocycles. The first-order valence-electron chi connectivity index (χ1n) is 4.55. The van der Waals surface area contributed by atoms with E-state index in [-0.39, 0.29) is 0 Å². The summed E-state index contributed by atoms with van der Waals surface area (Å²) in [5.74, 6) is 0.176. The smallest absolute Gasteiger partial charge is 0.273 e. The van der Waals surface area contributed by atoms with Crippen molar-refractivity contribution in [3.05, 3.63) is 29.8 Å². The molecule has 1 aromatic carbocycles. The van der Waals surface area contributed by atoms with Crippen LogP contribution < -0.4 is 10.1 Å². The van der Waals surface area contributed by atoms with E-state index in [9.17, 15) is 4.79 Å². The second kappa shape index (κ2) is 5.01. The van der Waals surface area contributed by atoms with E-state index in [1.165, 1.54) is 0 Å². The zero-order valence-corrected chi connectivity index (χ0v) is 8.65. The quantitative estimate of drug-likeness (QED) is 0.597. The lowest BCUT2D eigenvalue weighted by Crippen LogP contribution is -2.33. The summed E-state index contributed by atoms with van der Waals surface area (Å²) in [5, 5.41) is 10.3. The van der Waals surface area contributed by atoms with E-state index in [0.29, 0.717) is 5.75 Å². The van der Waals surface area contributed by atoms with Crippen molar-refractivity contribution in [3.8, 4) is 11.9 Å². The van der Waals surface area contributed by atoms with E-state index < -0.39 is 12.0 Å². The molecule has 0 aliphatic carbocycles. The Kier molecular flexibility index (Phi) is 3.69. The largest absolute Gasteiger partial charge is 0.481 e. The van der Waals surface area contributed by atoms with Gasteiger partial charge in [0.05, 0.1) is 0 Å². The first-order valence-corrected chi connectivity index (χ1v) is 4.55. The molecule has 1 rings (SSSR count). The van der Waals surface area contributed by atoms with Crippen LogP contribution in [0.4, 0.5) is 0 Å². The highest BCUT2D eigenvalue weighted by molar-refractivity contribution is 5.81. The highest BCUT2D eigenvalue weighted by Gasteiger charge is 2.13. The molecular formula is C11H12N2O2. The molecule has 0 bridgehead atoms. The lowest BCUT2D eigenvalue weighted by Gasteiger charge is -2.12. The molecule has 4 nitrogen and oxygen atoms in total. The van der Waals surface area contributed by atoms with Gasteiger partial charge in [-0.05, 0) is 31.5 Å². The maximum atomic E-state index is 11.2. The number of hydrogen-bond acceptors (Lipinski definition) is 3. The third-order valence-electron chi connectivity index (χ3n) is 1.85. The fourth-order valence-electron chi connectivity index (χ4n) is 1.10. The first kappa shape index (κ1) is 11.1. The topological polar surface area (TPSA) is 62.1 Å². The minimum atomic E-state index is -0.675. The maximum Gasteiger partial charge on any atom is 0.273 e. The van der Waals surface area contributed by atoms with Gasteiger partial charge >= 0.3 is 0 Å². The van der Waals surface area contributed by atoms with Gasteiger partial charge in [-0.1, -0.05) is 12.1 Å². The van der Waals surface area contributed by atoms with Gasteiger partial charge in [0.15, 0.2) is 12.3 Å². The van der Waals surface area contributed by atoms with Crippen molar-refractivity contribution in [2.45, 2.75) is 20.0 Å². The van der Waals surface area contributed by atoms with E-state index in [0.717, 1.165) is 5.56 Å². The third-order valence-corrected chi connectivity index (χ3v) is 1.85. The van der Waals surface area contributed by atoms with Gasteiger partial charge in [-0.25, -0.2) is 0 Å². The van der Waals surface area contributed by atoms with Crippen molar-refractivity contribution in [1.82, 2.24) is 5.32 Å². The van der Waals surface area contributed by atoms with Gasteiger partial charge in [0.25, 0.3) is 5.91 Å². The summed E-state index contributed by atoms with van der Waals surface area (Å²) in [7, 11) is 0. The molecule has 1 unspecified atom stereocenters. The second-order valence-electron chi connectivity index (χ2n) is 3.18. The van der Waals surface area contributed by atoms with Gasteiger partial charge in [-0.3, -0.25) is 10.1 Å². The summed E-state index contributed by atoms with van der Waals surface area (Å²) in [4.78, 5) is 11.2.